The number of unbranched alkanes of at least 4 members (excludes halogenated alkanes) is 1. The van der Waals surface area contributed by atoms with Gasteiger partial charge in [0.15, 0.2) is 0 Å². The molecule has 26 heavy (non-hydrogen) atoms. The van der Waals surface area contributed by atoms with Crippen LogP contribution in [0, 0.1) is 13.8 Å². The second-order valence-corrected chi connectivity index (χ2v) is 7.48. The van der Waals surface area contributed by atoms with Gasteiger partial charge in [0, 0.05) is 37.0 Å². The summed E-state index contributed by atoms with van der Waals surface area (Å²) < 4.78 is 0. The maximum Gasteiger partial charge on any atom is 0.254 e. The van der Waals surface area contributed by atoms with Crippen molar-refractivity contribution < 1.29 is 9.59 Å². The van der Waals surface area contributed by atoms with Crippen molar-refractivity contribution in [3.63, 3.8) is 0 Å². The number of benzene rings is 1. The zero-order valence-electron chi connectivity index (χ0n) is 16.1. The predicted octanol–water partition coefficient (Wildman–Crippen LogP) is 2.40. The molecule has 0 saturated carbocycles. The van der Waals surface area contributed by atoms with E-state index in [0.29, 0.717) is 25.4 Å². The highest BCUT2D eigenvalue weighted by atomic mass is 32.1. The number of carbonyl (C=O) groups excluding carboxylic acids is 2. The van der Waals surface area contributed by atoms with E-state index in [4.69, 9.17) is 5.73 Å². The van der Waals surface area contributed by atoms with Gasteiger partial charge >= 0.3 is 0 Å². The van der Waals surface area contributed by atoms with Crippen molar-refractivity contribution in [2.45, 2.75) is 52.1 Å². The van der Waals surface area contributed by atoms with Crippen molar-refractivity contribution in [1.29, 1.82) is 0 Å². The van der Waals surface area contributed by atoms with Crippen molar-refractivity contribution in [3.8, 4) is 0 Å². The van der Waals surface area contributed by atoms with Gasteiger partial charge in [-0.15, -0.1) is 0 Å². The van der Waals surface area contributed by atoms with Gasteiger partial charge in [0.1, 0.15) is 0 Å². The number of amides is 2. The molecule has 0 bridgehead atoms. The zero-order valence-corrected chi connectivity index (χ0v) is 17.0. The molecule has 5 nitrogen and oxygen atoms in total. The average Bonchev–Trinajstić information content (AvgIpc) is 2.66. The molecule has 1 aromatic carbocycles. The Morgan fingerprint density at radius 2 is 2.04 bits per heavy atom. The molecule has 6 heteroatoms. The molecule has 0 spiro atoms. The normalized spacial score (nSPS) is 18.7. The van der Waals surface area contributed by atoms with E-state index < -0.39 is 6.04 Å². The average molecular weight is 378 g/mol. The van der Waals surface area contributed by atoms with Crippen LogP contribution in [0.4, 0.5) is 0 Å². The van der Waals surface area contributed by atoms with E-state index in [-0.39, 0.29) is 17.9 Å². The first-order chi connectivity index (χ1) is 12.4. The Bertz CT molecular complexity index is 650. The van der Waals surface area contributed by atoms with Crippen LogP contribution in [0.25, 0.3) is 0 Å². The second kappa shape index (κ2) is 9.42. The Morgan fingerprint density at radius 3 is 2.69 bits per heavy atom. The van der Waals surface area contributed by atoms with Gasteiger partial charge in [-0.25, -0.2) is 0 Å². The summed E-state index contributed by atoms with van der Waals surface area (Å²) in [5.41, 5.74) is 8.81. The predicted molar refractivity (Wildman–Crippen MR) is 109 cm³/mol. The van der Waals surface area contributed by atoms with Crippen molar-refractivity contribution >= 4 is 24.4 Å². The number of hydrogen-bond acceptors (Lipinski definition) is 4. The summed E-state index contributed by atoms with van der Waals surface area (Å²) in [4.78, 5) is 29.4. The standard InChI is InChI=1S/C20H31N3O2S/c1-4-5-8-16-12-22(10-11-23(16)20(25)18(21)13-26)19(24)17-9-6-7-14(2)15(17)3/h6-7,9,16,18,26H,4-5,8,10-13,21H2,1-3H3. The first-order valence-corrected chi connectivity index (χ1v) is 10.1. The fourth-order valence-corrected chi connectivity index (χ4v) is 3.62. The van der Waals surface area contributed by atoms with Crippen molar-refractivity contribution in [3.05, 3.63) is 34.9 Å². The summed E-state index contributed by atoms with van der Waals surface area (Å²) in [6, 6.07) is 5.28. The summed E-state index contributed by atoms with van der Waals surface area (Å²) in [6.45, 7) is 7.78. The fraction of sp³-hybridized carbons (Fsp3) is 0.600. The summed E-state index contributed by atoms with van der Waals surface area (Å²) in [7, 11) is 0. The van der Waals surface area contributed by atoms with E-state index in [2.05, 4.69) is 19.6 Å². The lowest BCUT2D eigenvalue weighted by Crippen LogP contribution is -2.59. The first kappa shape index (κ1) is 20.8. The SMILES string of the molecule is CCCCC1CN(C(=O)c2cccc(C)c2C)CCN1C(=O)C(N)CS. The summed E-state index contributed by atoms with van der Waals surface area (Å²) >= 11 is 4.16. The van der Waals surface area contributed by atoms with Gasteiger partial charge in [-0.2, -0.15) is 12.6 Å². The summed E-state index contributed by atoms with van der Waals surface area (Å²) in [6.07, 6.45) is 2.97. The lowest BCUT2D eigenvalue weighted by molar-refractivity contribution is -0.136. The van der Waals surface area contributed by atoms with E-state index in [0.717, 1.165) is 36.0 Å². The van der Waals surface area contributed by atoms with Crippen molar-refractivity contribution in [1.82, 2.24) is 9.80 Å². The summed E-state index contributed by atoms with van der Waals surface area (Å²) in [5, 5.41) is 0. The second-order valence-electron chi connectivity index (χ2n) is 7.12. The molecule has 1 aliphatic heterocycles. The molecular formula is C20H31N3O2S. The van der Waals surface area contributed by atoms with E-state index in [1.165, 1.54) is 0 Å². The lowest BCUT2D eigenvalue weighted by Gasteiger charge is -2.42. The molecule has 1 heterocycles. The van der Waals surface area contributed by atoms with Crippen LogP contribution in [0.2, 0.25) is 0 Å². The van der Waals surface area contributed by atoms with Gasteiger partial charge in [-0.05, 0) is 37.5 Å². The van der Waals surface area contributed by atoms with Crippen LogP contribution in [0.15, 0.2) is 18.2 Å². The van der Waals surface area contributed by atoms with Gasteiger partial charge < -0.3 is 15.5 Å². The number of thiol groups is 1. The van der Waals surface area contributed by atoms with Crippen LogP contribution >= 0.6 is 12.6 Å². The number of rotatable bonds is 6. The molecule has 1 saturated heterocycles. The molecule has 144 valence electrons. The third-order valence-corrected chi connectivity index (χ3v) is 5.69. The molecule has 2 unspecified atom stereocenters. The molecule has 0 aliphatic carbocycles. The number of hydrogen-bond donors (Lipinski definition) is 2. The third kappa shape index (κ3) is 4.60. The number of nitrogens with two attached hydrogens (primary N) is 1. The summed E-state index contributed by atoms with van der Waals surface area (Å²) in [5.74, 6) is 0.333. The van der Waals surface area contributed by atoms with Gasteiger partial charge in [-0.1, -0.05) is 31.9 Å². The molecular weight excluding hydrogens is 346 g/mol. The molecule has 1 aromatic rings. The maximum atomic E-state index is 13.0. The third-order valence-electron chi connectivity index (χ3n) is 5.29. The zero-order chi connectivity index (χ0) is 19.3. The number of piperazine rings is 1. The highest BCUT2D eigenvalue weighted by Crippen LogP contribution is 2.21. The molecule has 0 aromatic heterocycles. The van der Waals surface area contributed by atoms with Crippen molar-refractivity contribution in [2.75, 3.05) is 25.4 Å². The largest absolute Gasteiger partial charge is 0.335 e. The highest BCUT2D eigenvalue weighted by Gasteiger charge is 2.34. The molecule has 0 radical (unpaired) electrons. The maximum absolute atomic E-state index is 13.0. The molecule has 2 N–H and O–H groups in total. The van der Waals surface area contributed by atoms with Gasteiger partial charge in [0.25, 0.3) is 5.91 Å². The van der Waals surface area contributed by atoms with Gasteiger partial charge in [-0.3, -0.25) is 9.59 Å². The fourth-order valence-electron chi connectivity index (χ4n) is 3.46. The Labute approximate surface area is 162 Å². The quantitative estimate of drug-likeness (QED) is 0.748. The van der Waals surface area contributed by atoms with Crippen LogP contribution in [-0.2, 0) is 4.79 Å². The Morgan fingerprint density at radius 1 is 1.31 bits per heavy atom. The van der Waals surface area contributed by atoms with Gasteiger partial charge in [0.2, 0.25) is 5.91 Å². The monoisotopic (exact) mass is 377 g/mol. The van der Waals surface area contributed by atoms with Crippen LogP contribution in [0.1, 0.15) is 47.7 Å². The topological polar surface area (TPSA) is 66.6 Å². The smallest absolute Gasteiger partial charge is 0.254 e. The van der Waals surface area contributed by atoms with Crippen LogP contribution < -0.4 is 5.73 Å². The molecule has 1 fully saturated rings. The van der Waals surface area contributed by atoms with E-state index >= 15 is 0 Å². The van der Waals surface area contributed by atoms with Gasteiger partial charge in [0.05, 0.1) is 6.04 Å². The first-order valence-electron chi connectivity index (χ1n) is 9.43. The molecule has 2 amide bonds. The number of aryl methyl sites for hydroxylation is 1. The van der Waals surface area contributed by atoms with Crippen LogP contribution in [0.3, 0.4) is 0 Å². The molecule has 2 atom stereocenters. The Hall–Kier alpha value is -1.53. The van der Waals surface area contributed by atoms with E-state index in [9.17, 15) is 9.59 Å². The Kier molecular flexibility index (Phi) is 7.53. The number of nitrogens with zero attached hydrogens (tertiary/aromatic N) is 2. The van der Waals surface area contributed by atoms with Crippen LogP contribution in [0.5, 0.6) is 0 Å². The lowest BCUT2D eigenvalue weighted by atomic mass is 10.00. The van der Waals surface area contributed by atoms with Crippen molar-refractivity contribution in [2.24, 2.45) is 5.73 Å². The van der Waals surface area contributed by atoms with Crippen LogP contribution in [-0.4, -0.2) is 59.1 Å². The molecule has 2 rings (SSSR count). The number of carbonyl (C=O) groups is 2. The molecule has 1 aliphatic rings. The van der Waals surface area contributed by atoms with E-state index in [1.54, 1.807) is 0 Å². The minimum absolute atomic E-state index is 0.0243. The minimum Gasteiger partial charge on any atom is -0.335 e. The Balaban J connectivity index is 2.17. The van der Waals surface area contributed by atoms with E-state index in [1.807, 2.05) is 41.8 Å². The highest BCUT2D eigenvalue weighted by molar-refractivity contribution is 7.80. The minimum atomic E-state index is -0.580.